The van der Waals surface area contributed by atoms with E-state index in [1.54, 1.807) is 12.3 Å². The molecule has 1 aliphatic heterocycles. The molecular weight excluding hydrogens is 357 g/mol. The molecular formula is C18H21Cl2N5. The fourth-order valence-electron chi connectivity index (χ4n) is 4.31. The molecule has 0 amide bonds. The summed E-state index contributed by atoms with van der Waals surface area (Å²) in [5.41, 5.74) is 13.7. The van der Waals surface area contributed by atoms with Crippen LogP contribution in [0.15, 0.2) is 24.4 Å². The molecule has 7 heteroatoms. The lowest BCUT2D eigenvalue weighted by Gasteiger charge is -2.23. The Labute approximate surface area is 157 Å². The van der Waals surface area contributed by atoms with Crippen molar-refractivity contribution < 1.29 is 0 Å². The van der Waals surface area contributed by atoms with Gasteiger partial charge in [0.2, 0.25) is 0 Å². The molecule has 0 spiro atoms. The predicted octanol–water partition coefficient (Wildman–Crippen LogP) is 3.60. The van der Waals surface area contributed by atoms with E-state index in [9.17, 15) is 0 Å². The van der Waals surface area contributed by atoms with Crippen LogP contribution >= 0.6 is 23.2 Å². The number of hydrogen-bond donors (Lipinski definition) is 2. The Morgan fingerprint density at radius 3 is 2.52 bits per heavy atom. The number of aromatic nitrogens is 2. The summed E-state index contributed by atoms with van der Waals surface area (Å²) in [6, 6.07) is 5.40. The second kappa shape index (κ2) is 6.01. The molecule has 1 aromatic carbocycles. The Morgan fingerprint density at radius 1 is 1.20 bits per heavy atom. The van der Waals surface area contributed by atoms with Gasteiger partial charge in [0.15, 0.2) is 5.82 Å². The lowest BCUT2D eigenvalue weighted by molar-refractivity contribution is 0.449. The molecule has 0 bridgehead atoms. The fraction of sp³-hybridized carbons (Fsp3) is 0.444. The Balaban J connectivity index is 1.58. The molecule has 1 aliphatic carbocycles. The van der Waals surface area contributed by atoms with Crippen LogP contribution in [0.5, 0.6) is 0 Å². The standard InChI is InChI=1S/C18H21Cl2N5/c1-18(22)5-10-8-25(9-11(10)6-18)14-7-23-16(17(21)24-14)12-3-2-4-13(19)15(12)20/h2-4,7,10-11H,5-6,8-9,22H2,1H3,(H2,21,24)/t10-,11?,18?/m1/s1. The third-order valence-corrected chi connectivity index (χ3v) is 6.17. The number of halogens is 2. The zero-order chi connectivity index (χ0) is 17.8. The van der Waals surface area contributed by atoms with Gasteiger partial charge in [-0.05, 0) is 37.7 Å². The molecule has 1 saturated carbocycles. The Hall–Kier alpha value is -1.56. The van der Waals surface area contributed by atoms with Crippen molar-refractivity contribution in [2.75, 3.05) is 23.7 Å². The first-order valence-corrected chi connectivity index (χ1v) is 9.20. The number of nitrogens with two attached hydrogens (primary N) is 2. The minimum Gasteiger partial charge on any atom is -0.382 e. The zero-order valence-corrected chi connectivity index (χ0v) is 15.6. The van der Waals surface area contributed by atoms with Gasteiger partial charge in [0, 0.05) is 24.2 Å². The highest BCUT2D eigenvalue weighted by molar-refractivity contribution is 6.43. The maximum Gasteiger partial charge on any atom is 0.152 e. The minimum atomic E-state index is -0.0285. The first-order chi connectivity index (χ1) is 11.8. The summed E-state index contributed by atoms with van der Waals surface area (Å²) in [6.07, 6.45) is 3.90. The monoisotopic (exact) mass is 377 g/mol. The first kappa shape index (κ1) is 16.9. The van der Waals surface area contributed by atoms with Crippen LogP contribution in [0.4, 0.5) is 11.6 Å². The van der Waals surface area contributed by atoms with E-state index in [1.165, 1.54) is 0 Å². The normalized spacial score (nSPS) is 28.4. The van der Waals surface area contributed by atoms with Crippen molar-refractivity contribution in [2.24, 2.45) is 17.6 Å². The van der Waals surface area contributed by atoms with E-state index in [0.29, 0.717) is 39.0 Å². The van der Waals surface area contributed by atoms with Crippen LogP contribution in [0, 0.1) is 11.8 Å². The molecule has 132 valence electrons. The lowest BCUT2D eigenvalue weighted by atomic mass is 10.00. The quantitative estimate of drug-likeness (QED) is 0.835. The van der Waals surface area contributed by atoms with E-state index < -0.39 is 0 Å². The highest BCUT2D eigenvalue weighted by Crippen LogP contribution is 2.43. The Kier molecular flexibility index (Phi) is 4.06. The minimum absolute atomic E-state index is 0.0285. The molecule has 1 saturated heterocycles. The number of hydrogen-bond acceptors (Lipinski definition) is 5. The summed E-state index contributed by atoms with van der Waals surface area (Å²) in [5, 5.41) is 0.914. The second-order valence-corrected chi connectivity index (χ2v) is 8.34. The molecule has 2 fully saturated rings. The number of nitrogens with zero attached hydrogens (tertiary/aromatic N) is 3. The molecule has 3 atom stereocenters. The number of benzene rings is 1. The van der Waals surface area contributed by atoms with Gasteiger partial charge in [0.25, 0.3) is 0 Å². The number of fused-ring (bicyclic) bond motifs is 1. The van der Waals surface area contributed by atoms with E-state index in [1.807, 2.05) is 12.1 Å². The van der Waals surface area contributed by atoms with Crippen LogP contribution in [0.2, 0.25) is 10.0 Å². The third-order valence-electron chi connectivity index (χ3n) is 5.35. The average molecular weight is 378 g/mol. The summed E-state index contributed by atoms with van der Waals surface area (Å²) < 4.78 is 0. The SMILES string of the molecule is CC1(N)CC2CN(c3cnc(-c4cccc(Cl)c4Cl)c(N)n3)C[C@H]2C1. The molecule has 4 N–H and O–H groups in total. The maximum atomic E-state index is 6.30. The largest absolute Gasteiger partial charge is 0.382 e. The average Bonchev–Trinajstić information content (AvgIpc) is 3.04. The van der Waals surface area contributed by atoms with Gasteiger partial charge in [0.05, 0.1) is 16.2 Å². The van der Waals surface area contributed by atoms with Crippen molar-refractivity contribution in [1.82, 2.24) is 9.97 Å². The number of nitrogen functional groups attached to an aromatic ring is 1. The molecule has 5 nitrogen and oxygen atoms in total. The molecule has 2 aliphatic rings. The van der Waals surface area contributed by atoms with Crippen LogP contribution in [-0.2, 0) is 0 Å². The third kappa shape index (κ3) is 3.05. The van der Waals surface area contributed by atoms with Crippen LogP contribution < -0.4 is 16.4 Å². The summed E-state index contributed by atoms with van der Waals surface area (Å²) >= 11 is 12.4. The van der Waals surface area contributed by atoms with E-state index in [0.717, 1.165) is 31.7 Å². The van der Waals surface area contributed by atoms with Crippen molar-refractivity contribution >= 4 is 34.8 Å². The fourth-order valence-corrected chi connectivity index (χ4v) is 4.70. The summed E-state index contributed by atoms with van der Waals surface area (Å²) in [4.78, 5) is 11.4. The second-order valence-electron chi connectivity index (χ2n) is 7.55. The van der Waals surface area contributed by atoms with E-state index in [2.05, 4.69) is 21.8 Å². The first-order valence-electron chi connectivity index (χ1n) is 8.45. The molecule has 25 heavy (non-hydrogen) atoms. The molecule has 1 aromatic heterocycles. The Morgan fingerprint density at radius 2 is 1.88 bits per heavy atom. The van der Waals surface area contributed by atoms with Gasteiger partial charge in [-0.3, -0.25) is 0 Å². The van der Waals surface area contributed by atoms with Crippen LogP contribution in [0.1, 0.15) is 19.8 Å². The van der Waals surface area contributed by atoms with Gasteiger partial charge in [-0.2, -0.15) is 0 Å². The van der Waals surface area contributed by atoms with Crippen LogP contribution in [-0.4, -0.2) is 28.6 Å². The smallest absolute Gasteiger partial charge is 0.152 e. The summed E-state index contributed by atoms with van der Waals surface area (Å²) in [7, 11) is 0. The number of anilines is 2. The van der Waals surface area contributed by atoms with Crippen molar-refractivity contribution in [3.63, 3.8) is 0 Å². The zero-order valence-electron chi connectivity index (χ0n) is 14.0. The van der Waals surface area contributed by atoms with Crippen molar-refractivity contribution in [3.05, 3.63) is 34.4 Å². The van der Waals surface area contributed by atoms with Crippen LogP contribution in [0.25, 0.3) is 11.3 Å². The van der Waals surface area contributed by atoms with Crippen molar-refractivity contribution in [2.45, 2.75) is 25.3 Å². The molecule has 2 unspecified atom stereocenters. The molecule has 2 aromatic rings. The highest BCUT2D eigenvalue weighted by Gasteiger charge is 2.45. The van der Waals surface area contributed by atoms with E-state index in [4.69, 9.17) is 34.7 Å². The summed E-state index contributed by atoms with van der Waals surface area (Å²) in [6.45, 7) is 4.07. The predicted molar refractivity (Wildman–Crippen MR) is 103 cm³/mol. The van der Waals surface area contributed by atoms with Gasteiger partial charge in [-0.15, -0.1) is 0 Å². The molecule has 4 rings (SSSR count). The highest BCUT2D eigenvalue weighted by atomic mass is 35.5. The topological polar surface area (TPSA) is 81.1 Å². The van der Waals surface area contributed by atoms with Crippen molar-refractivity contribution in [1.29, 1.82) is 0 Å². The van der Waals surface area contributed by atoms with Crippen molar-refractivity contribution in [3.8, 4) is 11.3 Å². The maximum absolute atomic E-state index is 6.30. The van der Waals surface area contributed by atoms with E-state index >= 15 is 0 Å². The molecule has 2 heterocycles. The van der Waals surface area contributed by atoms with E-state index in [-0.39, 0.29) is 5.54 Å². The summed E-state index contributed by atoms with van der Waals surface area (Å²) in [5.74, 6) is 2.43. The molecule has 0 radical (unpaired) electrons. The van der Waals surface area contributed by atoms with Crippen LogP contribution in [0.3, 0.4) is 0 Å². The van der Waals surface area contributed by atoms with Gasteiger partial charge in [-0.25, -0.2) is 9.97 Å². The van der Waals surface area contributed by atoms with Gasteiger partial charge in [-0.1, -0.05) is 35.3 Å². The number of rotatable bonds is 2. The van der Waals surface area contributed by atoms with Gasteiger partial charge >= 0.3 is 0 Å². The van der Waals surface area contributed by atoms with Gasteiger partial charge < -0.3 is 16.4 Å². The van der Waals surface area contributed by atoms with Gasteiger partial charge in [0.1, 0.15) is 11.5 Å². The Bertz CT molecular complexity index is 807. The lowest BCUT2D eigenvalue weighted by Crippen LogP contribution is -2.35.